The Labute approximate surface area is 133 Å². The second-order valence-corrected chi connectivity index (χ2v) is 6.10. The number of hydrogen-bond acceptors (Lipinski definition) is 4. The molecule has 0 aliphatic heterocycles. The molecule has 22 heavy (non-hydrogen) atoms. The summed E-state index contributed by atoms with van der Waals surface area (Å²) in [5.74, 6) is 0. The number of aliphatic hydroxyl groups is 1. The number of hydrogen-bond donors (Lipinski definition) is 2. The highest BCUT2D eigenvalue weighted by Gasteiger charge is 2.16. The van der Waals surface area contributed by atoms with Gasteiger partial charge in [-0.2, -0.15) is 0 Å². The first-order chi connectivity index (χ1) is 10.7. The van der Waals surface area contributed by atoms with Crippen LogP contribution in [0.2, 0.25) is 0 Å². The zero-order chi connectivity index (χ0) is 15.6. The number of nitrogens with one attached hydrogen (secondary N) is 1. The van der Waals surface area contributed by atoms with Crippen molar-refractivity contribution >= 4 is 0 Å². The van der Waals surface area contributed by atoms with Gasteiger partial charge in [0.15, 0.2) is 0 Å². The first-order valence-electron chi connectivity index (χ1n) is 8.45. The maximum Gasteiger partial charge on any atom is 0.213 e. The minimum atomic E-state index is -0.879. The van der Waals surface area contributed by atoms with Crippen LogP contribution in [-0.4, -0.2) is 36.9 Å². The van der Waals surface area contributed by atoms with Crippen LogP contribution in [0.1, 0.15) is 44.6 Å². The Morgan fingerprint density at radius 3 is 2.50 bits per heavy atom. The first kappa shape index (κ1) is 17.4. The molecule has 0 amide bonds. The van der Waals surface area contributed by atoms with Crippen molar-refractivity contribution in [3.63, 3.8) is 0 Å². The summed E-state index contributed by atoms with van der Waals surface area (Å²) in [4.78, 5) is 0. The minimum Gasteiger partial charge on any atom is -0.376 e. The molecule has 1 saturated carbocycles. The Morgan fingerprint density at radius 2 is 1.77 bits per heavy atom. The van der Waals surface area contributed by atoms with E-state index in [9.17, 15) is 5.11 Å². The third kappa shape index (κ3) is 6.88. The fourth-order valence-corrected chi connectivity index (χ4v) is 2.93. The van der Waals surface area contributed by atoms with Crippen LogP contribution in [0.4, 0.5) is 0 Å². The van der Waals surface area contributed by atoms with Gasteiger partial charge in [0.05, 0.1) is 19.3 Å². The molecular formula is C18H29NO3. The van der Waals surface area contributed by atoms with Gasteiger partial charge in [0.2, 0.25) is 6.41 Å². The van der Waals surface area contributed by atoms with E-state index in [0.717, 1.165) is 19.3 Å². The molecule has 1 aliphatic carbocycles. The highest BCUT2D eigenvalue weighted by atomic mass is 16.6. The highest BCUT2D eigenvalue weighted by molar-refractivity contribution is 5.15. The molecular weight excluding hydrogens is 278 g/mol. The standard InChI is InChI=1S/C18H29NO3/c1-15(14-16-8-4-2-5-9-16)21-12-13-22-18(20)19-17-10-6-3-7-11-17/h2,4-5,8-9,15,17-20H,3,6-7,10-14H2,1H3. The lowest BCUT2D eigenvalue weighted by atomic mass is 9.96. The van der Waals surface area contributed by atoms with Crippen LogP contribution in [0.25, 0.3) is 0 Å². The second-order valence-electron chi connectivity index (χ2n) is 6.10. The van der Waals surface area contributed by atoms with Gasteiger partial charge in [0.25, 0.3) is 0 Å². The van der Waals surface area contributed by atoms with Crippen LogP contribution >= 0.6 is 0 Å². The Balaban J connectivity index is 1.52. The van der Waals surface area contributed by atoms with E-state index in [1.807, 2.05) is 18.2 Å². The molecule has 1 fully saturated rings. The van der Waals surface area contributed by atoms with E-state index in [1.165, 1.54) is 24.8 Å². The molecule has 124 valence electrons. The number of ether oxygens (including phenoxy) is 2. The molecule has 0 spiro atoms. The molecule has 0 radical (unpaired) electrons. The Bertz CT molecular complexity index is 393. The lowest BCUT2D eigenvalue weighted by Gasteiger charge is -2.25. The Kier molecular flexibility index (Phi) is 7.88. The van der Waals surface area contributed by atoms with Crippen molar-refractivity contribution in [3.05, 3.63) is 35.9 Å². The van der Waals surface area contributed by atoms with Crippen LogP contribution < -0.4 is 5.32 Å². The van der Waals surface area contributed by atoms with E-state index in [4.69, 9.17) is 9.47 Å². The van der Waals surface area contributed by atoms with Crippen molar-refractivity contribution in [2.45, 2.75) is 64.0 Å². The summed E-state index contributed by atoms with van der Waals surface area (Å²) in [6, 6.07) is 10.7. The van der Waals surface area contributed by atoms with E-state index in [0.29, 0.717) is 19.3 Å². The molecule has 2 N–H and O–H groups in total. The van der Waals surface area contributed by atoms with Crippen molar-refractivity contribution in [1.82, 2.24) is 5.32 Å². The summed E-state index contributed by atoms with van der Waals surface area (Å²) in [6.45, 7) is 2.96. The van der Waals surface area contributed by atoms with E-state index >= 15 is 0 Å². The van der Waals surface area contributed by atoms with Crippen molar-refractivity contribution in [3.8, 4) is 0 Å². The molecule has 0 saturated heterocycles. The van der Waals surface area contributed by atoms with Crippen molar-refractivity contribution in [2.24, 2.45) is 0 Å². The van der Waals surface area contributed by atoms with Gasteiger partial charge in [-0.25, -0.2) is 0 Å². The Hall–Kier alpha value is -0.940. The highest BCUT2D eigenvalue weighted by Crippen LogP contribution is 2.17. The predicted molar refractivity (Wildman–Crippen MR) is 87.5 cm³/mol. The van der Waals surface area contributed by atoms with Gasteiger partial charge in [-0.05, 0) is 31.7 Å². The van der Waals surface area contributed by atoms with Crippen LogP contribution in [0.3, 0.4) is 0 Å². The van der Waals surface area contributed by atoms with Crippen LogP contribution in [-0.2, 0) is 15.9 Å². The quantitative estimate of drug-likeness (QED) is 0.544. The SMILES string of the molecule is CC(Cc1ccccc1)OCCOC(O)NC1CCCCC1. The molecule has 4 heteroatoms. The smallest absolute Gasteiger partial charge is 0.213 e. The normalized spacial score (nSPS) is 19.0. The molecule has 2 rings (SSSR count). The number of aliphatic hydroxyl groups excluding tert-OH is 1. The monoisotopic (exact) mass is 307 g/mol. The molecule has 1 aromatic rings. The van der Waals surface area contributed by atoms with Gasteiger partial charge >= 0.3 is 0 Å². The molecule has 1 aromatic carbocycles. The maximum absolute atomic E-state index is 9.81. The van der Waals surface area contributed by atoms with Gasteiger partial charge in [-0.1, -0.05) is 49.6 Å². The molecule has 0 bridgehead atoms. The fraction of sp³-hybridized carbons (Fsp3) is 0.667. The minimum absolute atomic E-state index is 0.148. The van der Waals surface area contributed by atoms with E-state index in [2.05, 4.69) is 24.4 Å². The summed E-state index contributed by atoms with van der Waals surface area (Å²) >= 11 is 0. The predicted octanol–water partition coefficient (Wildman–Crippen LogP) is 2.85. The molecule has 2 atom stereocenters. The summed E-state index contributed by atoms with van der Waals surface area (Å²) in [5.41, 5.74) is 1.27. The van der Waals surface area contributed by atoms with E-state index in [-0.39, 0.29) is 6.10 Å². The number of rotatable bonds is 9. The lowest BCUT2D eigenvalue weighted by molar-refractivity contribution is -0.140. The number of benzene rings is 1. The molecule has 2 unspecified atom stereocenters. The summed E-state index contributed by atoms with van der Waals surface area (Å²) in [5, 5.41) is 12.9. The van der Waals surface area contributed by atoms with Crippen LogP contribution in [0, 0.1) is 0 Å². The largest absolute Gasteiger partial charge is 0.376 e. The average Bonchev–Trinajstić information content (AvgIpc) is 2.53. The summed E-state index contributed by atoms with van der Waals surface area (Å²) in [6.07, 6.45) is 6.21. The van der Waals surface area contributed by atoms with E-state index in [1.54, 1.807) is 0 Å². The topological polar surface area (TPSA) is 50.7 Å². The maximum atomic E-state index is 9.81. The van der Waals surface area contributed by atoms with Crippen molar-refractivity contribution < 1.29 is 14.6 Å². The van der Waals surface area contributed by atoms with Crippen LogP contribution in [0.5, 0.6) is 0 Å². The van der Waals surface area contributed by atoms with Crippen molar-refractivity contribution in [2.75, 3.05) is 13.2 Å². The zero-order valence-corrected chi connectivity index (χ0v) is 13.5. The zero-order valence-electron chi connectivity index (χ0n) is 13.5. The second kappa shape index (κ2) is 9.95. The average molecular weight is 307 g/mol. The van der Waals surface area contributed by atoms with Gasteiger partial charge in [0.1, 0.15) is 0 Å². The van der Waals surface area contributed by atoms with Crippen LogP contribution in [0.15, 0.2) is 30.3 Å². The van der Waals surface area contributed by atoms with E-state index < -0.39 is 6.41 Å². The molecule has 0 heterocycles. The third-order valence-electron chi connectivity index (χ3n) is 4.11. The summed E-state index contributed by atoms with van der Waals surface area (Å²) < 4.78 is 11.1. The fourth-order valence-electron chi connectivity index (χ4n) is 2.93. The molecule has 4 nitrogen and oxygen atoms in total. The first-order valence-corrected chi connectivity index (χ1v) is 8.45. The summed E-state index contributed by atoms with van der Waals surface area (Å²) in [7, 11) is 0. The van der Waals surface area contributed by atoms with Gasteiger partial charge in [-0.15, -0.1) is 0 Å². The third-order valence-corrected chi connectivity index (χ3v) is 4.11. The molecule has 1 aliphatic rings. The van der Waals surface area contributed by atoms with Crippen molar-refractivity contribution in [1.29, 1.82) is 0 Å². The van der Waals surface area contributed by atoms with Gasteiger partial charge < -0.3 is 14.6 Å². The van der Waals surface area contributed by atoms with Gasteiger partial charge in [-0.3, -0.25) is 5.32 Å². The van der Waals surface area contributed by atoms with Gasteiger partial charge in [0, 0.05) is 6.04 Å². The molecule has 0 aromatic heterocycles. The lowest BCUT2D eigenvalue weighted by Crippen LogP contribution is -2.41. The Morgan fingerprint density at radius 1 is 1.09 bits per heavy atom.